The highest BCUT2D eigenvalue weighted by Crippen LogP contribution is 2.65. The summed E-state index contributed by atoms with van der Waals surface area (Å²) in [5.74, 6) is 4.91. The molecule has 1 amide bonds. The first-order valence-corrected chi connectivity index (χ1v) is 16.9. The van der Waals surface area contributed by atoms with Gasteiger partial charge in [-0.3, -0.25) is 4.79 Å². The van der Waals surface area contributed by atoms with Crippen LogP contribution in [0.1, 0.15) is 88.8 Å². The van der Waals surface area contributed by atoms with Crippen LogP contribution < -0.4 is 10.1 Å². The van der Waals surface area contributed by atoms with E-state index < -0.39 is 0 Å². The number of nitrogens with one attached hydrogen (secondary N) is 1. The smallest absolute Gasteiger partial charge is 0.257 e. The van der Waals surface area contributed by atoms with Crippen LogP contribution in [0.5, 0.6) is 11.5 Å². The van der Waals surface area contributed by atoms with Crippen molar-refractivity contribution in [2.24, 2.45) is 28.1 Å². The Labute approximate surface area is 275 Å². The molecule has 46 heavy (non-hydrogen) atoms. The maximum atomic E-state index is 12.7. The Bertz CT molecular complexity index is 1390. The molecule has 3 aliphatic rings. The van der Waals surface area contributed by atoms with Gasteiger partial charge in [0.25, 0.3) is 5.91 Å². The Balaban J connectivity index is 1.17. The first-order chi connectivity index (χ1) is 21.8. The Kier molecular flexibility index (Phi) is 10.4. The number of rotatable bonds is 13. The largest absolute Gasteiger partial charge is 0.508 e. The number of aromatic hydroxyl groups is 1. The summed E-state index contributed by atoms with van der Waals surface area (Å²) in [6.45, 7) is 12.8. The van der Waals surface area contributed by atoms with Crippen LogP contribution in [0, 0.1) is 40.4 Å². The zero-order chi connectivity index (χ0) is 33.1. The molecule has 6 unspecified atom stereocenters. The van der Waals surface area contributed by atoms with Gasteiger partial charge in [0.05, 0.1) is 25.9 Å². The fourth-order valence-electron chi connectivity index (χ4n) is 8.42. The molecule has 0 radical (unpaired) electrons. The van der Waals surface area contributed by atoms with Crippen molar-refractivity contribution in [2.75, 3.05) is 39.6 Å². The van der Waals surface area contributed by atoms with Gasteiger partial charge in [0.2, 0.25) is 0 Å². The number of carbonyl (C=O) groups is 1. The third-order valence-electron chi connectivity index (χ3n) is 10.8. The lowest BCUT2D eigenvalue weighted by Gasteiger charge is -2.54. The van der Waals surface area contributed by atoms with Gasteiger partial charge in [-0.2, -0.15) is 0 Å². The Morgan fingerprint density at radius 2 is 1.74 bits per heavy atom. The second-order valence-corrected chi connectivity index (χ2v) is 15.8. The normalized spacial score (nSPS) is 27.2. The maximum Gasteiger partial charge on any atom is 0.257 e. The van der Waals surface area contributed by atoms with Gasteiger partial charge in [0, 0.05) is 17.4 Å². The van der Waals surface area contributed by atoms with Crippen LogP contribution >= 0.6 is 0 Å². The van der Waals surface area contributed by atoms with Crippen molar-refractivity contribution < 1.29 is 29.2 Å². The van der Waals surface area contributed by atoms with Gasteiger partial charge in [-0.25, -0.2) is 0 Å². The van der Waals surface area contributed by atoms with E-state index in [0.717, 1.165) is 32.1 Å². The minimum absolute atomic E-state index is 0.0627. The Morgan fingerprint density at radius 3 is 2.48 bits per heavy atom. The number of aliphatic hydroxyl groups excluding tert-OH is 1. The van der Waals surface area contributed by atoms with Crippen LogP contribution in [0.4, 0.5) is 0 Å². The fourth-order valence-corrected chi connectivity index (χ4v) is 8.42. The molecule has 0 aliphatic heterocycles. The molecule has 0 saturated heterocycles. The molecule has 2 aromatic carbocycles. The standard InChI is InChI=1S/C39H53NO6/c1-7-18-44-24-38(4,5)25-45-23-37(2,3)22-40-35(43)21-46-29-12-8-26(9-13-29)32-20-39(6)33(16-17-34(39)42)31-14-10-27-19-28(41)11-15-30(27)36(31)32/h1,8-9,11-13,15,19,31-34,36,41-42H,10,14,16-18,20-25H2,2-6H3,(H,40,43). The second kappa shape index (κ2) is 14.0. The summed E-state index contributed by atoms with van der Waals surface area (Å²) in [7, 11) is 0. The van der Waals surface area contributed by atoms with Crippen LogP contribution in [0.2, 0.25) is 0 Å². The van der Waals surface area contributed by atoms with Crippen molar-refractivity contribution in [1.82, 2.24) is 5.32 Å². The molecule has 6 atom stereocenters. The molecule has 2 fully saturated rings. The molecule has 0 bridgehead atoms. The van der Waals surface area contributed by atoms with Gasteiger partial charge >= 0.3 is 0 Å². The number of aliphatic hydroxyl groups is 1. The summed E-state index contributed by atoms with van der Waals surface area (Å²) in [6, 6.07) is 14.1. The topological polar surface area (TPSA) is 97.3 Å². The van der Waals surface area contributed by atoms with E-state index in [9.17, 15) is 15.0 Å². The van der Waals surface area contributed by atoms with Crippen molar-refractivity contribution in [3.8, 4) is 23.8 Å². The minimum Gasteiger partial charge on any atom is -0.508 e. The number of carbonyl (C=O) groups excluding carboxylic acids is 1. The number of hydrogen-bond acceptors (Lipinski definition) is 6. The third kappa shape index (κ3) is 7.73. The van der Waals surface area contributed by atoms with Crippen molar-refractivity contribution in [3.63, 3.8) is 0 Å². The number of fused-ring (bicyclic) bond motifs is 5. The second-order valence-electron chi connectivity index (χ2n) is 15.8. The number of hydrogen-bond donors (Lipinski definition) is 3. The number of phenols is 1. The molecule has 0 heterocycles. The van der Waals surface area contributed by atoms with Gasteiger partial charge in [-0.1, -0.05) is 58.7 Å². The predicted octanol–water partition coefficient (Wildman–Crippen LogP) is 6.22. The average Bonchev–Trinajstić information content (AvgIpc) is 3.32. The van der Waals surface area contributed by atoms with Crippen LogP contribution in [-0.2, 0) is 20.7 Å². The van der Waals surface area contributed by atoms with E-state index in [0.29, 0.717) is 62.2 Å². The molecule has 0 aromatic heterocycles. The molecule has 250 valence electrons. The van der Waals surface area contributed by atoms with Crippen molar-refractivity contribution in [3.05, 3.63) is 59.2 Å². The average molecular weight is 632 g/mol. The highest BCUT2D eigenvalue weighted by atomic mass is 16.5. The van der Waals surface area contributed by atoms with E-state index >= 15 is 0 Å². The first-order valence-electron chi connectivity index (χ1n) is 16.9. The molecule has 7 nitrogen and oxygen atoms in total. The van der Waals surface area contributed by atoms with Gasteiger partial charge in [0.1, 0.15) is 18.1 Å². The molecule has 2 aromatic rings. The van der Waals surface area contributed by atoms with E-state index in [2.05, 4.69) is 64.1 Å². The lowest BCUT2D eigenvalue weighted by Crippen LogP contribution is -2.47. The van der Waals surface area contributed by atoms with Gasteiger partial charge < -0.3 is 29.7 Å². The quantitative estimate of drug-likeness (QED) is 0.180. The van der Waals surface area contributed by atoms with E-state index in [1.165, 1.54) is 16.7 Å². The van der Waals surface area contributed by atoms with E-state index in [-0.39, 0.29) is 40.8 Å². The summed E-state index contributed by atoms with van der Waals surface area (Å²) in [6.07, 6.45) is 9.93. The zero-order valence-corrected chi connectivity index (χ0v) is 28.3. The van der Waals surface area contributed by atoms with E-state index in [1.54, 1.807) is 0 Å². The van der Waals surface area contributed by atoms with Gasteiger partial charge in [-0.15, -0.1) is 6.42 Å². The van der Waals surface area contributed by atoms with Crippen molar-refractivity contribution in [2.45, 2.75) is 84.7 Å². The number of terminal acetylenes is 1. The molecule has 3 N–H and O–H groups in total. The third-order valence-corrected chi connectivity index (χ3v) is 10.8. The molecule has 5 rings (SSSR count). The SMILES string of the molecule is C#CCOCC(C)(C)COCC(C)(C)CNC(=O)COc1ccc(C2CC3(C)C(O)CCC3C3CCc4cc(O)ccc4C23)cc1. The number of ether oxygens (including phenoxy) is 3. The van der Waals surface area contributed by atoms with Crippen LogP contribution in [0.3, 0.4) is 0 Å². The summed E-state index contributed by atoms with van der Waals surface area (Å²) in [5, 5.41) is 24.3. The van der Waals surface area contributed by atoms with Crippen LogP contribution in [0.25, 0.3) is 0 Å². The van der Waals surface area contributed by atoms with Crippen molar-refractivity contribution >= 4 is 5.91 Å². The molecule has 0 spiro atoms. The number of benzene rings is 2. The summed E-state index contributed by atoms with van der Waals surface area (Å²) >= 11 is 0. The molecule has 3 aliphatic carbocycles. The maximum absolute atomic E-state index is 12.7. The Morgan fingerprint density at radius 1 is 1.02 bits per heavy atom. The van der Waals surface area contributed by atoms with Gasteiger partial charge in [-0.05, 0) is 102 Å². The lowest BCUT2D eigenvalue weighted by molar-refractivity contribution is -0.123. The van der Waals surface area contributed by atoms with Crippen LogP contribution in [-0.4, -0.2) is 61.8 Å². The number of phenolic OH excluding ortho intramolecular Hbond substituents is 1. The zero-order valence-electron chi connectivity index (χ0n) is 28.3. The monoisotopic (exact) mass is 631 g/mol. The summed E-state index contributed by atoms with van der Waals surface area (Å²) in [4.78, 5) is 12.7. The van der Waals surface area contributed by atoms with Crippen molar-refractivity contribution in [1.29, 1.82) is 0 Å². The number of aryl methyl sites for hydroxylation is 1. The molecule has 2 saturated carbocycles. The van der Waals surface area contributed by atoms with E-state index in [4.69, 9.17) is 20.6 Å². The molecular weight excluding hydrogens is 578 g/mol. The first kappa shape index (κ1) is 34.3. The summed E-state index contributed by atoms with van der Waals surface area (Å²) in [5.41, 5.74) is 3.35. The van der Waals surface area contributed by atoms with Gasteiger partial charge in [0.15, 0.2) is 6.61 Å². The molecule has 7 heteroatoms. The molecular formula is C39H53NO6. The fraction of sp³-hybridized carbons (Fsp3) is 0.615. The Hall–Kier alpha value is -3.05. The minimum atomic E-state index is -0.273. The van der Waals surface area contributed by atoms with E-state index in [1.807, 2.05) is 24.3 Å². The predicted molar refractivity (Wildman–Crippen MR) is 180 cm³/mol. The highest BCUT2D eigenvalue weighted by molar-refractivity contribution is 5.77. The lowest BCUT2D eigenvalue weighted by atomic mass is 9.51. The van der Waals surface area contributed by atoms with Crippen LogP contribution in [0.15, 0.2) is 42.5 Å². The highest BCUT2D eigenvalue weighted by Gasteiger charge is 2.57. The summed E-state index contributed by atoms with van der Waals surface area (Å²) < 4.78 is 17.3. The number of amides is 1.